The highest BCUT2D eigenvalue weighted by atomic mass is 16.5. The summed E-state index contributed by atoms with van der Waals surface area (Å²) in [5.74, 6) is 1.13. The van der Waals surface area contributed by atoms with E-state index in [0.29, 0.717) is 18.1 Å². The molecule has 0 fully saturated rings. The van der Waals surface area contributed by atoms with Gasteiger partial charge in [-0.05, 0) is 42.8 Å². The number of nitriles is 1. The van der Waals surface area contributed by atoms with Crippen LogP contribution in [0.5, 0.6) is 11.6 Å². The topological polar surface area (TPSA) is 55.1 Å². The van der Waals surface area contributed by atoms with Crippen molar-refractivity contribution in [2.45, 2.75) is 13.5 Å². The predicted molar refractivity (Wildman–Crippen MR) is 106 cm³/mol. The van der Waals surface area contributed by atoms with Crippen LogP contribution in [0.1, 0.15) is 23.6 Å². The first kappa shape index (κ1) is 18.2. The van der Waals surface area contributed by atoms with E-state index in [1.165, 1.54) is 7.11 Å². The van der Waals surface area contributed by atoms with E-state index in [1.54, 1.807) is 6.07 Å². The summed E-state index contributed by atoms with van der Waals surface area (Å²) >= 11 is 0. The van der Waals surface area contributed by atoms with E-state index in [1.807, 2.05) is 73.7 Å². The minimum Gasteiger partial charge on any atom is -0.488 e. The lowest BCUT2D eigenvalue weighted by Crippen LogP contribution is -1.98. The fourth-order valence-corrected chi connectivity index (χ4v) is 2.73. The van der Waals surface area contributed by atoms with E-state index in [4.69, 9.17) is 14.7 Å². The van der Waals surface area contributed by atoms with Gasteiger partial charge in [0.15, 0.2) is 0 Å². The quantitative estimate of drug-likeness (QED) is 0.606. The third kappa shape index (κ3) is 4.34. The average molecular weight is 356 g/mol. The highest BCUT2D eigenvalue weighted by Gasteiger charge is 2.10. The van der Waals surface area contributed by atoms with E-state index >= 15 is 0 Å². The van der Waals surface area contributed by atoms with Crippen molar-refractivity contribution < 1.29 is 9.47 Å². The number of ether oxygens (including phenoxy) is 2. The molecule has 27 heavy (non-hydrogen) atoms. The molecule has 0 saturated heterocycles. The maximum Gasteiger partial charge on any atom is 0.231 e. The second-order valence-corrected chi connectivity index (χ2v) is 5.89. The number of methoxy groups -OCH3 is 1. The highest BCUT2D eigenvalue weighted by Crippen LogP contribution is 2.29. The molecular formula is C23H20N2O2. The molecule has 0 aliphatic carbocycles. The molecule has 0 unspecified atom stereocenters. The Kier molecular flexibility index (Phi) is 5.86. The summed E-state index contributed by atoms with van der Waals surface area (Å²) in [6.07, 6.45) is 3.98. The molecule has 0 radical (unpaired) electrons. The molecule has 3 rings (SSSR count). The minimum absolute atomic E-state index is 0.326. The summed E-state index contributed by atoms with van der Waals surface area (Å²) in [5.41, 5.74) is 4.17. The summed E-state index contributed by atoms with van der Waals surface area (Å²) in [5, 5.41) is 9.12. The first-order valence-corrected chi connectivity index (χ1v) is 8.64. The summed E-state index contributed by atoms with van der Waals surface area (Å²) in [6.45, 7) is 2.48. The molecule has 4 heteroatoms. The van der Waals surface area contributed by atoms with Crippen LogP contribution in [0.2, 0.25) is 0 Å². The monoisotopic (exact) mass is 356 g/mol. The van der Waals surface area contributed by atoms with E-state index in [-0.39, 0.29) is 0 Å². The number of allylic oxidation sites excluding steroid dienone is 1. The van der Waals surface area contributed by atoms with Gasteiger partial charge >= 0.3 is 0 Å². The van der Waals surface area contributed by atoms with Crippen LogP contribution in [-0.2, 0) is 6.61 Å². The zero-order chi connectivity index (χ0) is 19.1. The Morgan fingerprint density at radius 1 is 1.07 bits per heavy atom. The number of pyridine rings is 1. The van der Waals surface area contributed by atoms with Crippen LogP contribution >= 0.6 is 0 Å². The van der Waals surface area contributed by atoms with Crippen molar-refractivity contribution in [3.05, 3.63) is 83.4 Å². The number of aromatic nitrogens is 1. The average Bonchev–Trinajstić information content (AvgIpc) is 2.73. The Morgan fingerprint density at radius 2 is 1.89 bits per heavy atom. The minimum atomic E-state index is 0.326. The summed E-state index contributed by atoms with van der Waals surface area (Å²) < 4.78 is 11.2. The third-order valence-electron chi connectivity index (χ3n) is 4.06. The number of hydrogen-bond acceptors (Lipinski definition) is 4. The van der Waals surface area contributed by atoms with Gasteiger partial charge in [-0.25, -0.2) is 4.98 Å². The molecule has 1 heterocycles. The number of rotatable bonds is 6. The van der Waals surface area contributed by atoms with Crippen LogP contribution in [0.3, 0.4) is 0 Å². The fraction of sp³-hybridized carbons (Fsp3) is 0.130. The van der Waals surface area contributed by atoms with E-state index in [9.17, 15) is 0 Å². The van der Waals surface area contributed by atoms with Crippen molar-refractivity contribution in [2.24, 2.45) is 0 Å². The van der Waals surface area contributed by atoms with Crippen LogP contribution in [0.4, 0.5) is 0 Å². The predicted octanol–water partition coefficient (Wildman–Crippen LogP) is 5.24. The molecule has 0 saturated carbocycles. The largest absolute Gasteiger partial charge is 0.488 e. The number of nitrogens with zero attached hydrogens (tertiary/aromatic N) is 2. The van der Waals surface area contributed by atoms with Crippen molar-refractivity contribution in [2.75, 3.05) is 7.11 Å². The van der Waals surface area contributed by atoms with Crippen LogP contribution in [0, 0.1) is 11.3 Å². The summed E-state index contributed by atoms with van der Waals surface area (Å²) in [4.78, 5) is 4.45. The van der Waals surface area contributed by atoms with Gasteiger partial charge in [0.1, 0.15) is 24.0 Å². The number of hydrogen-bond donors (Lipinski definition) is 0. The molecule has 0 bridgehead atoms. The van der Waals surface area contributed by atoms with Gasteiger partial charge in [0.05, 0.1) is 12.8 Å². The lowest BCUT2D eigenvalue weighted by molar-refractivity contribution is 0.305. The number of benzene rings is 2. The van der Waals surface area contributed by atoms with Gasteiger partial charge in [0.25, 0.3) is 0 Å². The second-order valence-electron chi connectivity index (χ2n) is 5.89. The first-order chi connectivity index (χ1) is 13.2. The molecular weight excluding hydrogens is 336 g/mol. The summed E-state index contributed by atoms with van der Waals surface area (Å²) in [6, 6.07) is 21.6. The van der Waals surface area contributed by atoms with Crippen LogP contribution in [0.15, 0.2) is 66.7 Å². The van der Waals surface area contributed by atoms with Gasteiger partial charge in [-0.3, -0.25) is 0 Å². The van der Waals surface area contributed by atoms with Crippen LogP contribution in [-0.4, -0.2) is 12.1 Å². The van der Waals surface area contributed by atoms with Crippen molar-refractivity contribution in [1.29, 1.82) is 5.26 Å². The first-order valence-electron chi connectivity index (χ1n) is 8.64. The van der Waals surface area contributed by atoms with Gasteiger partial charge in [0.2, 0.25) is 5.88 Å². The summed E-state index contributed by atoms with van der Waals surface area (Å²) in [7, 11) is 1.51. The maximum absolute atomic E-state index is 9.12. The Bertz CT molecular complexity index is 989. The van der Waals surface area contributed by atoms with Gasteiger partial charge < -0.3 is 9.47 Å². The van der Waals surface area contributed by atoms with Gasteiger partial charge in [-0.15, -0.1) is 0 Å². The Balaban J connectivity index is 1.90. The van der Waals surface area contributed by atoms with Crippen molar-refractivity contribution in [3.8, 4) is 29.0 Å². The third-order valence-corrected chi connectivity index (χ3v) is 4.06. The van der Waals surface area contributed by atoms with E-state index in [2.05, 4.69) is 11.1 Å². The normalized spacial score (nSPS) is 10.6. The smallest absolute Gasteiger partial charge is 0.231 e. The van der Waals surface area contributed by atoms with Gasteiger partial charge in [-0.2, -0.15) is 5.26 Å². The van der Waals surface area contributed by atoms with Crippen LogP contribution < -0.4 is 9.47 Å². The molecule has 4 nitrogen and oxygen atoms in total. The van der Waals surface area contributed by atoms with Gasteiger partial charge in [0, 0.05) is 11.1 Å². The molecule has 1 aromatic heterocycles. The maximum atomic E-state index is 9.12. The molecule has 0 N–H and O–H groups in total. The van der Waals surface area contributed by atoms with Crippen LogP contribution in [0.25, 0.3) is 17.3 Å². The Labute approximate surface area is 159 Å². The van der Waals surface area contributed by atoms with E-state index in [0.717, 1.165) is 28.1 Å². The molecule has 0 atom stereocenters. The standard InChI is InChI=1S/C23H20N2O2/c1-3-7-19-14-18(21-12-10-20(15-24)23(25-21)26-2)11-13-22(19)27-16-17-8-5-4-6-9-17/h3-14H,16H2,1-2H3/b7-3+. The second kappa shape index (κ2) is 8.68. The lowest BCUT2D eigenvalue weighted by atomic mass is 10.1. The van der Waals surface area contributed by atoms with Gasteiger partial charge in [-0.1, -0.05) is 42.5 Å². The zero-order valence-electron chi connectivity index (χ0n) is 15.3. The van der Waals surface area contributed by atoms with Crippen molar-refractivity contribution >= 4 is 6.08 Å². The Morgan fingerprint density at radius 3 is 2.59 bits per heavy atom. The molecule has 0 aliphatic heterocycles. The molecule has 134 valence electrons. The zero-order valence-corrected chi connectivity index (χ0v) is 15.3. The lowest BCUT2D eigenvalue weighted by Gasteiger charge is -2.12. The fourth-order valence-electron chi connectivity index (χ4n) is 2.73. The molecule has 0 spiro atoms. The van der Waals surface area contributed by atoms with E-state index < -0.39 is 0 Å². The SMILES string of the molecule is C/C=C/c1cc(-c2ccc(C#N)c(OC)n2)ccc1OCc1ccccc1. The molecule has 2 aromatic carbocycles. The molecule has 3 aromatic rings. The molecule has 0 aliphatic rings. The Hall–Kier alpha value is -3.58. The highest BCUT2D eigenvalue weighted by molar-refractivity contribution is 5.69. The van der Waals surface area contributed by atoms with Crippen molar-refractivity contribution in [1.82, 2.24) is 4.98 Å². The van der Waals surface area contributed by atoms with Crippen molar-refractivity contribution in [3.63, 3.8) is 0 Å². The molecule has 0 amide bonds.